The molecule has 0 aliphatic heterocycles. The van der Waals surface area contributed by atoms with Gasteiger partial charge in [0.2, 0.25) is 4.91 Å². The average molecular weight is 122 g/mol. The van der Waals surface area contributed by atoms with Gasteiger partial charge in [-0.05, 0) is 0 Å². The Morgan fingerprint density at radius 1 is 0.667 bits per heavy atom. The number of benzene rings is 1. The minimum absolute atomic E-state index is 2.00. The van der Waals surface area contributed by atoms with Gasteiger partial charge in [0.1, 0.15) is 11.1 Å². The molecule has 3 nitrogen and oxygen atoms in total. The average Bonchev–Trinajstić information content (AvgIpc) is 1.93. The van der Waals surface area contributed by atoms with Crippen molar-refractivity contribution < 1.29 is 0 Å². The van der Waals surface area contributed by atoms with Crippen LogP contribution in [0.25, 0.3) is 0 Å². The van der Waals surface area contributed by atoms with Crippen LogP contribution >= 0.6 is 0 Å². The summed E-state index contributed by atoms with van der Waals surface area (Å²) in [7, 11) is 0. The van der Waals surface area contributed by atoms with Gasteiger partial charge in [0.25, 0.3) is 0 Å². The number of nitrogens with one attached hydrogen (secondary N) is 2. The van der Waals surface area contributed by atoms with E-state index in [-0.39, 0.29) is 0 Å². The largest absolute Gasteiger partial charge is 0.211 e. The number of nitrogens with zero attached hydrogens (tertiary/aromatic N) is 1. The van der Waals surface area contributed by atoms with Crippen molar-refractivity contribution >= 4 is 0 Å². The molecule has 0 unspecified atom stereocenters. The molecule has 9 heavy (non-hydrogen) atoms. The van der Waals surface area contributed by atoms with Gasteiger partial charge >= 0.3 is 0 Å². The molecule has 0 atom stereocenters. The second kappa shape index (κ2) is 6.53. The zero-order valence-electron chi connectivity index (χ0n) is 4.91. The highest BCUT2D eigenvalue weighted by Gasteiger charge is 1.57. The maximum Gasteiger partial charge on any atom is 0.211 e. The molecule has 0 bridgehead atoms. The first-order valence-electron chi connectivity index (χ1n) is 2.45. The Hall–Kier alpha value is -1.47. The molecule has 0 aliphatic rings. The van der Waals surface area contributed by atoms with E-state index in [1.54, 1.807) is 0 Å². The number of hydrogen-bond acceptors (Lipinski definition) is 2. The fourth-order valence-electron chi connectivity index (χ4n) is 0.385. The zero-order chi connectivity index (χ0) is 6.95. The highest BCUT2D eigenvalue weighted by atomic mass is 15.0. The van der Waals surface area contributed by atoms with E-state index in [1.165, 1.54) is 0 Å². The molecule has 3 heteroatoms. The van der Waals surface area contributed by atoms with Crippen LogP contribution in [-0.2, 0) is 0 Å². The molecule has 0 aliphatic carbocycles. The van der Waals surface area contributed by atoms with Crippen LogP contribution in [0.4, 0.5) is 0 Å². The Labute approximate surface area is 53.4 Å². The lowest BCUT2D eigenvalue weighted by Gasteiger charge is -1.69. The van der Waals surface area contributed by atoms with Gasteiger partial charge in [-0.1, -0.05) is 36.4 Å². The highest BCUT2D eigenvalue weighted by molar-refractivity contribution is 4.99. The van der Waals surface area contributed by atoms with Gasteiger partial charge in [0, 0.05) is 0 Å². The minimum atomic E-state index is 2.00. The first kappa shape index (κ1) is 7.53. The lowest BCUT2D eigenvalue weighted by atomic mass is 10.4. The Balaban J connectivity index is 0.000000187. The van der Waals surface area contributed by atoms with Crippen molar-refractivity contribution in [1.82, 2.24) is 4.91 Å². The molecule has 0 spiro atoms. The van der Waals surface area contributed by atoms with Crippen molar-refractivity contribution in [2.24, 2.45) is 0 Å². The summed E-state index contributed by atoms with van der Waals surface area (Å²) in [6.07, 6.45) is 0. The third-order valence-electron chi connectivity index (χ3n) is 0.667. The van der Waals surface area contributed by atoms with Gasteiger partial charge in [-0.25, -0.2) is 0 Å². The normalized spacial score (nSPS) is 6.22. The van der Waals surface area contributed by atoms with E-state index >= 15 is 0 Å². The summed E-state index contributed by atoms with van der Waals surface area (Å²) in [4.78, 5) is 2.00. The molecular weight excluding hydrogens is 114 g/mol. The summed E-state index contributed by atoms with van der Waals surface area (Å²) in [6, 6.07) is 12.0. The van der Waals surface area contributed by atoms with Crippen LogP contribution < -0.4 is 4.91 Å². The Bertz CT molecular complexity index is 138. The molecular formula is C6H8N3+. The van der Waals surface area contributed by atoms with Crippen LogP contribution in [-0.4, -0.2) is 0 Å². The zero-order valence-corrected chi connectivity index (χ0v) is 4.91. The van der Waals surface area contributed by atoms with Gasteiger partial charge < -0.3 is 0 Å². The number of hydrogen-bond donors (Lipinski definition) is 2. The van der Waals surface area contributed by atoms with E-state index in [2.05, 4.69) is 0 Å². The summed E-state index contributed by atoms with van der Waals surface area (Å²) in [6.45, 7) is 0. The third kappa shape index (κ3) is 6.53. The molecule has 0 saturated carbocycles. The Morgan fingerprint density at radius 2 is 0.778 bits per heavy atom. The van der Waals surface area contributed by atoms with Crippen molar-refractivity contribution in [2.75, 3.05) is 0 Å². The standard InChI is InChI=1S/C6H6.H2N3/c1-2-4-6-5-3-1;1-3-2/h1-6H;1-2H/q;+1. The molecule has 0 saturated heterocycles. The summed E-state index contributed by atoms with van der Waals surface area (Å²) < 4.78 is 0. The van der Waals surface area contributed by atoms with E-state index in [9.17, 15) is 0 Å². The van der Waals surface area contributed by atoms with Gasteiger partial charge in [0.05, 0.1) is 0 Å². The second-order valence-electron chi connectivity index (χ2n) is 1.27. The van der Waals surface area contributed by atoms with Crippen LogP contribution in [0.15, 0.2) is 36.4 Å². The van der Waals surface area contributed by atoms with E-state index in [0.717, 1.165) is 0 Å². The topological polar surface area (TPSA) is 61.8 Å². The third-order valence-corrected chi connectivity index (χ3v) is 0.667. The second-order valence-corrected chi connectivity index (χ2v) is 1.27. The predicted molar refractivity (Wildman–Crippen MR) is 34.0 cm³/mol. The SMILES string of the molecule is N=[N+]=N.c1ccccc1. The monoisotopic (exact) mass is 122 g/mol. The minimum Gasteiger partial charge on any atom is -0.0623 e. The molecule has 46 valence electrons. The molecule has 1 aromatic rings. The Morgan fingerprint density at radius 3 is 0.889 bits per heavy atom. The van der Waals surface area contributed by atoms with E-state index in [0.29, 0.717) is 0 Å². The van der Waals surface area contributed by atoms with Crippen LogP contribution in [0.1, 0.15) is 0 Å². The summed E-state index contributed by atoms with van der Waals surface area (Å²) in [5, 5.41) is 0. The molecule has 0 fully saturated rings. The molecule has 1 aromatic carbocycles. The maximum absolute atomic E-state index is 5.50. The summed E-state index contributed by atoms with van der Waals surface area (Å²) in [5.41, 5.74) is 11.0. The fourth-order valence-corrected chi connectivity index (χ4v) is 0.385. The summed E-state index contributed by atoms with van der Waals surface area (Å²) in [5.74, 6) is 0. The van der Waals surface area contributed by atoms with Crippen LogP contribution in [0, 0.1) is 11.1 Å². The van der Waals surface area contributed by atoms with Gasteiger partial charge in [-0.15, -0.1) is 0 Å². The molecule has 2 N–H and O–H groups in total. The van der Waals surface area contributed by atoms with Gasteiger partial charge in [0.15, 0.2) is 0 Å². The lowest BCUT2D eigenvalue weighted by molar-refractivity contribution is 0.928. The quantitative estimate of drug-likeness (QED) is 0.389. The van der Waals surface area contributed by atoms with E-state index < -0.39 is 0 Å². The molecule has 0 heterocycles. The predicted octanol–water partition coefficient (Wildman–Crippen LogP) is 1.80. The van der Waals surface area contributed by atoms with Crippen LogP contribution in [0.5, 0.6) is 0 Å². The highest BCUT2D eigenvalue weighted by Crippen LogP contribution is 1.79. The smallest absolute Gasteiger partial charge is 0.0623 e. The van der Waals surface area contributed by atoms with E-state index in [4.69, 9.17) is 11.1 Å². The lowest BCUT2D eigenvalue weighted by Crippen LogP contribution is -1.47. The van der Waals surface area contributed by atoms with E-state index in [1.807, 2.05) is 41.3 Å². The number of rotatable bonds is 0. The van der Waals surface area contributed by atoms with Crippen molar-refractivity contribution in [3.8, 4) is 0 Å². The van der Waals surface area contributed by atoms with Gasteiger partial charge in [-0.3, -0.25) is 0 Å². The molecule has 0 radical (unpaired) electrons. The van der Waals surface area contributed by atoms with Crippen molar-refractivity contribution in [3.05, 3.63) is 36.4 Å². The molecule has 0 aromatic heterocycles. The summed E-state index contributed by atoms with van der Waals surface area (Å²) >= 11 is 0. The Kier molecular flexibility index (Phi) is 5.46. The van der Waals surface area contributed by atoms with Crippen LogP contribution in [0.3, 0.4) is 0 Å². The van der Waals surface area contributed by atoms with Crippen LogP contribution in [0.2, 0.25) is 0 Å². The first-order valence-corrected chi connectivity index (χ1v) is 2.45. The van der Waals surface area contributed by atoms with Crippen molar-refractivity contribution in [3.63, 3.8) is 0 Å². The first-order chi connectivity index (χ1) is 4.41. The molecule has 1 rings (SSSR count). The molecule has 0 amide bonds. The fraction of sp³-hybridized carbons (Fsp3) is 0. The van der Waals surface area contributed by atoms with Gasteiger partial charge in [-0.2, -0.15) is 0 Å². The van der Waals surface area contributed by atoms with Crippen molar-refractivity contribution in [1.29, 1.82) is 11.1 Å². The van der Waals surface area contributed by atoms with Crippen molar-refractivity contribution in [2.45, 2.75) is 0 Å². The maximum atomic E-state index is 5.50.